The summed E-state index contributed by atoms with van der Waals surface area (Å²) in [5.41, 5.74) is 0.289. The summed E-state index contributed by atoms with van der Waals surface area (Å²) in [6, 6.07) is 7.95. The number of rotatable bonds is 4. The van der Waals surface area contributed by atoms with Crippen molar-refractivity contribution in [1.29, 1.82) is 5.26 Å². The number of carbonyl (C=O) groups is 1. The van der Waals surface area contributed by atoms with Crippen molar-refractivity contribution in [3.8, 4) is 11.8 Å². The van der Waals surface area contributed by atoms with Crippen molar-refractivity contribution in [2.45, 2.75) is 32.2 Å². The summed E-state index contributed by atoms with van der Waals surface area (Å²) in [7, 11) is 1.66. The maximum atomic E-state index is 12.8. The Labute approximate surface area is 154 Å². The Morgan fingerprint density at radius 1 is 1.28 bits per heavy atom. The predicted octanol–water partition coefficient (Wildman–Crippen LogP) is 3.08. The molecule has 0 aromatic heterocycles. The zero-order chi connectivity index (χ0) is 17.9. The van der Waals surface area contributed by atoms with Crippen LogP contribution in [0.2, 0.25) is 5.02 Å². The van der Waals surface area contributed by atoms with E-state index in [1.54, 1.807) is 7.11 Å². The van der Waals surface area contributed by atoms with Crippen molar-refractivity contribution in [3.05, 3.63) is 28.8 Å². The molecule has 3 rings (SSSR count). The number of carbonyl (C=O) groups excluding carboxylic acids is 1. The van der Waals surface area contributed by atoms with Crippen LogP contribution in [0, 0.1) is 16.7 Å². The quantitative estimate of drug-likeness (QED) is 0.827. The van der Waals surface area contributed by atoms with Gasteiger partial charge in [0, 0.05) is 43.3 Å². The maximum absolute atomic E-state index is 12.8. The lowest BCUT2D eigenvalue weighted by molar-refractivity contribution is -0.140. The van der Waals surface area contributed by atoms with E-state index in [1.165, 1.54) is 0 Å². The number of methoxy groups -OCH3 is 1. The number of ether oxygens (including phenoxy) is 1. The van der Waals surface area contributed by atoms with E-state index in [9.17, 15) is 10.1 Å². The molecule has 5 nitrogen and oxygen atoms in total. The SMILES string of the molecule is COc1ccc(Cl)cc1CN1CCN(C(=O)C2(C#N)CCCC2)CC1. The second kappa shape index (κ2) is 7.63. The predicted molar refractivity (Wildman–Crippen MR) is 96.4 cm³/mol. The van der Waals surface area contributed by atoms with E-state index < -0.39 is 5.41 Å². The molecule has 1 aromatic rings. The Morgan fingerprint density at radius 2 is 1.96 bits per heavy atom. The third kappa shape index (κ3) is 3.75. The molecule has 1 aliphatic carbocycles. The first-order chi connectivity index (χ1) is 12.1. The van der Waals surface area contributed by atoms with E-state index in [0.29, 0.717) is 31.0 Å². The van der Waals surface area contributed by atoms with Crippen LogP contribution in [-0.2, 0) is 11.3 Å². The van der Waals surface area contributed by atoms with Crippen LogP contribution in [0.15, 0.2) is 18.2 Å². The minimum absolute atomic E-state index is 0.0347. The molecule has 0 bridgehead atoms. The number of halogens is 1. The Morgan fingerprint density at radius 3 is 2.56 bits per heavy atom. The standard InChI is InChI=1S/C19H24ClN3O2/c1-25-17-5-4-16(20)12-15(17)13-22-8-10-23(11-9-22)18(24)19(14-21)6-2-3-7-19/h4-5,12H,2-3,6-11,13H2,1H3. The zero-order valence-corrected chi connectivity index (χ0v) is 15.4. The lowest BCUT2D eigenvalue weighted by Crippen LogP contribution is -2.52. The van der Waals surface area contributed by atoms with Gasteiger partial charge in [0.15, 0.2) is 0 Å². The monoisotopic (exact) mass is 361 g/mol. The first-order valence-electron chi connectivity index (χ1n) is 8.83. The van der Waals surface area contributed by atoms with Gasteiger partial charge in [-0.1, -0.05) is 24.4 Å². The highest BCUT2D eigenvalue weighted by Gasteiger charge is 2.44. The molecule has 0 spiro atoms. The minimum atomic E-state index is -0.766. The normalized spacial score (nSPS) is 20.3. The second-order valence-corrected chi connectivity index (χ2v) is 7.36. The number of amides is 1. The molecular formula is C19H24ClN3O2. The minimum Gasteiger partial charge on any atom is -0.496 e. The van der Waals surface area contributed by atoms with Crippen LogP contribution in [0.1, 0.15) is 31.2 Å². The van der Waals surface area contributed by atoms with Crippen molar-refractivity contribution in [1.82, 2.24) is 9.80 Å². The summed E-state index contributed by atoms with van der Waals surface area (Å²) in [5, 5.41) is 10.2. The molecule has 1 amide bonds. The lowest BCUT2D eigenvalue weighted by Gasteiger charge is -2.37. The fourth-order valence-electron chi connectivity index (χ4n) is 3.88. The Kier molecular flexibility index (Phi) is 5.51. The van der Waals surface area contributed by atoms with Gasteiger partial charge in [0.1, 0.15) is 11.2 Å². The van der Waals surface area contributed by atoms with E-state index in [1.807, 2.05) is 23.1 Å². The second-order valence-electron chi connectivity index (χ2n) is 6.93. The summed E-state index contributed by atoms with van der Waals surface area (Å²) in [5.74, 6) is 0.866. The molecule has 1 aromatic carbocycles. The van der Waals surface area contributed by atoms with Gasteiger partial charge in [-0.15, -0.1) is 0 Å². The summed E-state index contributed by atoms with van der Waals surface area (Å²) in [6.45, 7) is 3.68. The van der Waals surface area contributed by atoms with Crippen LogP contribution in [0.5, 0.6) is 5.75 Å². The maximum Gasteiger partial charge on any atom is 0.243 e. The van der Waals surface area contributed by atoms with Crippen molar-refractivity contribution in [3.63, 3.8) is 0 Å². The van der Waals surface area contributed by atoms with E-state index in [2.05, 4.69) is 11.0 Å². The molecule has 1 heterocycles. The Hall–Kier alpha value is -1.77. The van der Waals surface area contributed by atoms with Gasteiger partial charge >= 0.3 is 0 Å². The van der Waals surface area contributed by atoms with Crippen molar-refractivity contribution in [2.24, 2.45) is 5.41 Å². The van der Waals surface area contributed by atoms with Gasteiger partial charge in [0.2, 0.25) is 5.91 Å². The largest absolute Gasteiger partial charge is 0.496 e. The van der Waals surface area contributed by atoms with E-state index >= 15 is 0 Å². The highest BCUT2D eigenvalue weighted by Crippen LogP contribution is 2.39. The van der Waals surface area contributed by atoms with Gasteiger partial charge in [-0.05, 0) is 31.0 Å². The highest BCUT2D eigenvalue weighted by molar-refractivity contribution is 6.30. The fourth-order valence-corrected chi connectivity index (χ4v) is 4.07. The van der Waals surface area contributed by atoms with Crippen LogP contribution >= 0.6 is 11.6 Å². The highest BCUT2D eigenvalue weighted by atomic mass is 35.5. The van der Waals surface area contributed by atoms with E-state index in [4.69, 9.17) is 16.3 Å². The number of hydrogen-bond acceptors (Lipinski definition) is 4. The average Bonchev–Trinajstić information content (AvgIpc) is 3.12. The Bertz CT molecular complexity index is 672. The summed E-state index contributed by atoms with van der Waals surface area (Å²) in [6.07, 6.45) is 3.38. The lowest BCUT2D eigenvalue weighted by atomic mass is 9.86. The third-order valence-corrected chi connectivity index (χ3v) is 5.61. The van der Waals surface area contributed by atoms with Crippen molar-refractivity contribution < 1.29 is 9.53 Å². The van der Waals surface area contributed by atoms with Gasteiger partial charge in [0.25, 0.3) is 0 Å². The number of nitriles is 1. The van der Waals surface area contributed by atoms with Gasteiger partial charge < -0.3 is 9.64 Å². The molecule has 0 atom stereocenters. The van der Waals surface area contributed by atoms with Crippen LogP contribution in [0.25, 0.3) is 0 Å². The molecule has 1 saturated heterocycles. The van der Waals surface area contributed by atoms with Crippen LogP contribution in [-0.4, -0.2) is 49.0 Å². The number of hydrogen-bond donors (Lipinski definition) is 0. The number of nitrogens with zero attached hydrogens (tertiary/aromatic N) is 3. The third-order valence-electron chi connectivity index (χ3n) is 5.38. The van der Waals surface area contributed by atoms with Gasteiger partial charge in [-0.25, -0.2) is 0 Å². The molecule has 2 fully saturated rings. The average molecular weight is 362 g/mol. The van der Waals surface area contributed by atoms with E-state index in [-0.39, 0.29) is 5.91 Å². The molecule has 134 valence electrons. The summed E-state index contributed by atoms with van der Waals surface area (Å²) in [4.78, 5) is 17.0. The summed E-state index contributed by atoms with van der Waals surface area (Å²) >= 11 is 6.10. The van der Waals surface area contributed by atoms with Crippen molar-refractivity contribution >= 4 is 17.5 Å². The van der Waals surface area contributed by atoms with E-state index in [0.717, 1.165) is 43.8 Å². The topological polar surface area (TPSA) is 56.6 Å². The van der Waals surface area contributed by atoms with Gasteiger partial charge in [0.05, 0.1) is 13.2 Å². The fraction of sp³-hybridized carbons (Fsp3) is 0.579. The molecule has 25 heavy (non-hydrogen) atoms. The number of piperazine rings is 1. The molecule has 0 radical (unpaired) electrons. The Balaban J connectivity index is 1.60. The van der Waals surface area contributed by atoms with Gasteiger partial charge in [-0.2, -0.15) is 5.26 Å². The molecule has 2 aliphatic rings. The first-order valence-corrected chi connectivity index (χ1v) is 9.21. The first kappa shape index (κ1) is 18.0. The van der Waals surface area contributed by atoms with Crippen molar-refractivity contribution in [2.75, 3.05) is 33.3 Å². The molecule has 1 aliphatic heterocycles. The molecule has 6 heteroatoms. The summed E-state index contributed by atoms with van der Waals surface area (Å²) < 4.78 is 5.41. The van der Waals surface area contributed by atoms with Crippen LogP contribution < -0.4 is 4.74 Å². The zero-order valence-electron chi connectivity index (χ0n) is 14.6. The molecule has 0 unspecified atom stereocenters. The van der Waals surface area contributed by atoms with Crippen LogP contribution in [0.3, 0.4) is 0 Å². The molecular weight excluding hydrogens is 338 g/mol. The number of benzene rings is 1. The molecule has 1 saturated carbocycles. The van der Waals surface area contributed by atoms with Crippen LogP contribution in [0.4, 0.5) is 0 Å². The molecule has 0 N–H and O–H groups in total. The smallest absolute Gasteiger partial charge is 0.243 e. The van der Waals surface area contributed by atoms with Gasteiger partial charge in [-0.3, -0.25) is 9.69 Å².